The largest absolute Gasteiger partial charge is 0.326 e. The molecule has 3 aromatic rings. The fourth-order valence-electron chi connectivity index (χ4n) is 2.22. The maximum atomic E-state index is 14.1. The van der Waals surface area contributed by atoms with Crippen LogP contribution in [0, 0.1) is 12.7 Å². The van der Waals surface area contributed by atoms with E-state index in [2.05, 4.69) is 4.98 Å². The number of benzene rings is 2. The van der Waals surface area contributed by atoms with Crippen LogP contribution in [0.3, 0.4) is 0 Å². The Hall–Kier alpha value is -2.04. The second-order valence-corrected chi connectivity index (χ2v) is 5.93. The Balaban J connectivity index is 2.12. The fourth-order valence-corrected chi connectivity index (χ4v) is 3.21. The first-order chi connectivity index (χ1) is 10.2. The van der Waals surface area contributed by atoms with Crippen LogP contribution in [0.2, 0.25) is 0 Å². The summed E-state index contributed by atoms with van der Waals surface area (Å²) < 4.78 is 14.1. The van der Waals surface area contributed by atoms with Gasteiger partial charge in [0, 0.05) is 22.5 Å². The minimum Gasteiger partial charge on any atom is -0.326 e. The van der Waals surface area contributed by atoms with Crippen LogP contribution in [-0.4, -0.2) is 4.98 Å². The van der Waals surface area contributed by atoms with Crippen molar-refractivity contribution in [3.05, 3.63) is 64.8 Å². The van der Waals surface area contributed by atoms with E-state index in [1.54, 1.807) is 6.07 Å². The minimum absolute atomic E-state index is 0.244. The van der Waals surface area contributed by atoms with Crippen molar-refractivity contribution >= 4 is 11.3 Å². The highest BCUT2D eigenvalue weighted by Gasteiger charge is 2.15. The van der Waals surface area contributed by atoms with Gasteiger partial charge in [-0.1, -0.05) is 36.4 Å². The Bertz CT molecular complexity index is 766. The van der Waals surface area contributed by atoms with Crippen LogP contribution in [0.15, 0.2) is 48.5 Å². The lowest BCUT2D eigenvalue weighted by Gasteiger charge is -2.00. The van der Waals surface area contributed by atoms with E-state index >= 15 is 0 Å². The maximum absolute atomic E-state index is 14.1. The quantitative estimate of drug-likeness (QED) is 0.779. The summed E-state index contributed by atoms with van der Waals surface area (Å²) in [6, 6.07) is 15.1. The van der Waals surface area contributed by atoms with Crippen molar-refractivity contribution in [2.75, 3.05) is 0 Å². The zero-order valence-electron chi connectivity index (χ0n) is 11.6. The summed E-state index contributed by atoms with van der Waals surface area (Å²) >= 11 is 1.45. The lowest BCUT2D eigenvalue weighted by molar-refractivity contribution is 0.630. The second-order valence-electron chi connectivity index (χ2n) is 4.84. The van der Waals surface area contributed by atoms with E-state index < -0.39 is 0 Å². The van der Waals surface area contributed by atoms with Gasteiger partial charge in [-0.25, -0.2) is 9.37 Å². The summed E-state index contributed by atoms with van der Waals surface area (Å²) in [5, 5.41) is 0.673. The number of nitrogens with zero attached hydrogens (tertiary/aromatic N) is 1. The van der Waals surface area contributed by atoms with Crippen molar-refractivity contribution in [1.82, 2.24) is 4.98 Å². The van der Waals surface area contributed by atoms with Gasteiger partial charge in [0.2, 0.25) is 0 Å². The van der Waals surface area contributed by atoms with Gasteiger partial charge < -0.3 is 5.73 Å². The van der Waals surface area contributed by atoms with E-state index in [0.29, 0.717) is 17.1 Å². The van der Waals surface area contributed by atoms with Crippen molar-refractivity contribution < 1.29 is 4.39 Å². The smallest absolute Gasteiger partial charge is 0.133 e. The Morgan fingerprint density at radius 1 is 1.14 bits per heavy atom. The summed E-state index contributed by atoms with van der Waals surface area (Å²) in [5.41, 5.74) is 9.10. The number of hydrogen-bond donors (Lipinski definition) is 1. The molecule has 0 unspecified atom stereocenters. The van der Waals surface area contributed by atoms with Crippen molar-refractivity contribution in [3.63, 3.8) is 0 Å². The predicted octanol–water partition coefficient (Wildman–Crippen LogP) is 4.38. The molecule has 0 aliphatic heterocycles. The lowest BCUT2D eigenvalue weighted by Crippen LogP contribution is -1.95. The van der Waals surface area contributed by atoms with Crippen LogP contribution in [0.4, 0.5) is 4.39 Å². The number of nitrogens with two attached hydrogens (primary N) is 1. The molecule has 0 saturated heterocycles. The molecule has 2 nitrogen and oxygen atoms in total. The zero-order chi connectivity index (χ0) is 14.8. The first kappa shape index (κ1) is 13.9. The number of halogens is 1. The van der Waals surface area contributed by atoms with Crippen LogP contribution in [-0.2, 0) is 6.54 Å². The first-order valence-electron chi connectivity index (χ1n) is 6.70. The molecule has 0 saturated carbocycles. The van der Waals surface area contributed by atoms with Crippen molar-refractivity contribution in [3.8, 4) is 21.8 Å². The molecule has 0 spiro atoms. The highest BCUT2D eigenvalue weighted by Crippen LogP contribution is 2.34. The molecule has 3 rings (SSSR count). The summed E-state index contributed by atoms with van der Waals surface area (Å²) in [6.45, 7) is 2.27. The van der Waals surface area contributed by atoms with Gasteiger partial charge in [0.05, 0.1) is 5.69 Å². The molecule has 0 amide bonds. The van der Waals surface area contributed by atoms with E-state index in [9.17, 15) is 4.39 Å². The standard InChI is InChI=1S/C17H15FN2S/c1-11-7-8-13(14(18)9-11)17-20-16(15(10-19)21-17)12-5-3-2-4-6-12/h2-9H,10,19H2,1H3. The maximum Gasteiger partial charge on any atom is 0.133 e. The number of rotatable bonds is 3. The van der Waals surface area contributed by atoms with Crippen molar-refractivity contribution in [1.29, 1.82) is 0 Å². The van der Waals surface area contributed by atoms with Crippen LogP contribution in [0.1, 0.15) is 10.4 Å². The zero-order valence-corrected chi connectivity index (χ0v) is 12.5. The molecule has 21 heavy (non-hydrogen) atoms. The monoisotopic (exact) mass is 298 g/mol. The van der Waals surface area contributed by atoms with Gasteiger partial charge in [0.15, 0.2) is 0 Å². The third-order valence-corrected chi connectivity index (χ3v) is 4.40. The minimum atomic E-state index is -0.244. The SMILES string of the molecule is Cc1ccc(-c2nc(-c3ccccc3)c(CN)s2)c(F)c1. The molecule has 2 aromatic carbocycles. The number of aromatic nitrogens is 1. The number of hydrogen-bond acceptors (Lipinski definition) is 3. The fraction of sp³-hybridized carbons (Fsp3) is 0.118. The summed E-state index contributed by atoms with van der Waals surface area (Å²) in [7, 11) is 0. The van der Waals surface area contributed by atoms with Gasteiger partial charge in [-0.2, -0.15) is 0 Å². The van der Waals surface area contributed by atoms with E-state index in [1.165, 1.54) is 17.4 Å². The third kappa shape index (κ3) is 2.73. The number of aryl methyl sites for hydroxylation is 1. The molecule has 2 N–H and O–H groups in total. The molecule has 0 fully saturated rings. The molecule has 0 atom stereocenters. The lowest BCUT2D eigenvalue weighted by atomic mass is 10.1. The van der Waals surface area contributed by atoms with Crippen LogP contribution < -0.4 is 5.73 Å². The van der Waals surface area contributed by atoms with Crippen molar-refractivity contribution in [2.45, 2.75) is 13.5 Å². The average Bonchev–Trinajstić information content (AvgIpc) is 2.92. The first-order valence-corrected chi connectivity index (χ1v) is 7.52. The van der Waals surface area contributed by atoms with Gasteiger partial charge >= 0.3 is 0 Å². The molecule has 106 valence electrons. The second kappa shape index (κ2) is 5.76. The molecule has 0 aliphatic carbocycles. The Kier molecular flexibility index (Phi) is 3.82. The topological polar surface area (TPSA) is 38.9 Å². The van der Waals surface area contributed by atoms with E-state index in [-0.39, 0.29) is 5.82 Å². The summed E-state index contributed by atoms with van der Waals surface area (Å²) in [5.74, 6) is -0.244. The van der Waals surface area contributed by atoms with Gasteiger partial charge in [-0.15, -0.1) is 11.3 Å². The average molecular weight is 298 g/mol. The summed E-state index contributed by atoms with van der Waals surface area (Å²) in [6.07, 6.45) is 0. The Labute approximate surface area is 127 Å². The molecule has 0 aliphatic rings. The van der Waals surface area contributed by atoms with Crippen LogP contribution in [0.25, 0.3) is 21.8 Å². The van der Waals surface area contributed by atoms with Gasteiger partial charge in [0.1, 0.15) is 10.8 Å². The molecule has 0 bridgehead atoms. The highest BCUT2D eigenvalue weighted by molar-refractivity contribution is 7.15. The van der Waals surface area contributed by atoms with E-state index in [1.807, 2.05) is 43.3 Å². The Morgan fingerprint density at radius 3 is 2.57 bits per heavy atom. The van der Waals surface area contributed by atoms with Gasteiger partial charge in [0.25, 0.3) is 0 Å². The predicted molar refractivity (Wildman–Crippen MR) is 85.6 cm³/mol. The summed E-state index contributed by atoms with van der Waals surface area (Å²) in [4.78, 5) is 5.58. The van der Waals surface area contributed by atoms with Crippen LogP contribution in [0.5, 0.6) is 0 Å². The Morgan fingerprint density at radius 2 is 1.90 bits per heavy atom. The molecule has 4 heteroatoms. The molecule has 1 aromatic heterocycles. The third-order valence-electron chi connectivity index (χ3n) is 3.28. The van der Waals surface area contributed by atoms with E-state index in [0.717, 1.165) is 21.7 Å². The van der Waals surface area contributed by atoms with Crippen LogP contribution >= 0.6 is 11.3 Å². The molecular weight excluding hydrogens is 283 g/mol. The molecular formula is C17H15FN2S. The molecule has 1 heterocycles. The molecule has 0 radical (unpaired) electrons. The highest BCUT2D eigenvalue weighted by atomic mass is 32.1. The van der Waals surface area contributed by atoms with Crippen molar-refractivity contribution in [2.24, 2.45) is 5.73 Å². The number of thiazole rings is 1. The van der Waals surface area contributed by atoms with Gasteiger partial charge in [-0.3, -0.25) is 0 Å². The van der Waals surface area contributed by atoms with Gasteiger partial charge in [-0.05, 0) is 24.6 Å². The van der Waals surface area contributed by atoms with E-state index in [4.69, 9.17) is 5.73 Å². The normalized spacial score (nSPS) is 10.8.